The Kier molecular flexibility index (Phi) is 8.75. The predicted molar refractivity (Wildman–Crippen MR) is 149 cm³/mol. The molecule has 7 nitrogen and oxygen atoms in total. The number of ether oxygens (including phenoxy) is 2. The molecule has 38 heavy (non-hydrogen) atoms. The van der Waals surface area contributed by atoms with Crippen LogP contribution in [0, 0.1) is 13.8 Å². The second-order valence-corrected chi connectivity index (χ2v) is 11.4. The fourth-order valence-electron chi connectivity index (χ4n) is 5.30. The lowest BCUT2D eigenvalue weighted by Gasteiger charge is -2.31. The molecule has 0 unspecified atom stereocenters. The highest BCUT2D eigenvalue weighted by molar-refractivity contribution is 5.96. The molecule has 4 rings (SSSR count). The SMILES string of the molecule is Cc1cc2c(c(C)n1)CNC(=O)c1cccc(O[C@H]3CC[C@H](NC(=O)OC(C)(C)C)CC3)c1C/C=C/CC2. The van der Waals surface area contributed by atoms with Gasteiger partial charge in [-0.1, -0.05) is 18.2 Å². The molecule has 1 fully saturated rings. The highest BCUT2D eigenvalue weighted by Gasteiger charge is 2.27. The number of carbonyl (C=O) groups is 2. The Balaban J connectivity index is 1.45. The molecule has 0 spiro atoms. The van der Waals surface area contributed by atoms with E-state index in [4.69, 9.17) is 9.47 Å². The second kappa shape index (κ2) is 12.0. The fourth-order valence-corrected chi connectivity index (χ4v) is 5.30. The van der Waals surface area contributed by atoms with Crippen LogP contribution in [0.4, 0.5) is 4.79 Å². The zero-order valence-corrected chi connectivity index (χ0v) is 23.4. The molecule has 1 aliphatic carbocycles. The number of rotatable bonds is 3. The molecule has 2 aliphatic rings. The van der Waals surface area contributed by atoms with Crippen molar-refractivity contribution in [1.82, 2.24) is 15.6 Å². The zero-order chi connectivity index (χ0) is 27.3. The number of amides is 2. The average Bonchev–Trinajstić information content (AvgIpc) is 2.83. The van der Waals surface area contributed by atoms with Gasteiger partial charge in [0.2, 0.25) is 0 Å². The second-order valence-electron chi connectivity index (χ2n) is 11.4. The highest BCUT2D eigenvalue weighted by Crippen LogP contribution is 2.30. The van der Waals surface area contributed by atoms with Crippen LogP contribution in [0.15, 0.2) is 36.4 Å². The van der Waals surface area contributed by atoms with Gasteiger partial charge in [-0.15, -0.1) is 0 Å². The number of pyridine rings is 1. The minimum atomic E-state index is -0.511. The number of alkyl carbamates (subject to hydrolysis) is 1. The van der Waals surface area contributed by atoms with Crippen molar-refractivity contribution in [2.24, 2.45) is 0 Å². The smallest absolute Gasteiger partial charge is 0.407 e. The van der Waals surface area contributed by atoms with Crippen molar-refractivity contribution < 1.29 is 19.1 Å². The van der Waals surface area contributed by atoms with Crippen molar-refractivity contribution in [3.05, 3.63) is 70.1 Å². The van der Waals surface area contributed by atoms with Crippen LogP contribution < -0.4 is 15.4 Å². The minimum Gasteiger partial charge on any atom is -0.490 e. The number of nitrogens with one attached hydrogen (secondary N) is 2. The molecule has 0 atom stereocenters. The highest BCUT2D eigenvalue weighted by atomic mass is 16.6. The van der Waals surface area contributed by atoms with Gasteiger partial charge in [-0.3, -0.25) is 9.78 Å². The first-order valence-electron chi connectivity index (χ1n) is 13.8. The maximum atomic E-state index is 13.3. The molecule has 2 heterocycles. The summed E-state index contributed by atoms with van der Waals surface area (Å²) in [4.78, 5) is 30.1. The molecule has 2 N–H and O–H groups in total. The average molecular weight is 520 g/mol. The van der Waals surface area contributed by atoms with Gasteiger partial charge in [0, 0.05) is 35.1 Å². The van der Waals surface area contributed by atoms with E-state index in [2.05, 4.69) is 33.8 Å². The van der Waals surface area contributed by atoms with E-state index in [1.165, 1.54) is 5.56 Å². The van der Waals surface area contributed by atoms with E-state index >= 15 is 0 Å². The van der Waals surface area contributed by atoms with E-state index in [1.54, 1.807) is 0 Å². The molecule has 204 valence electrons. The first kappa shape index (κ1) is 27.7. The van der Waals surface area contributed by atoms with Gasteiger partial charge in [0.15, 0.2) is 0 Å². The molecule has 1 saturated carbocycles. The van der Waals surface area contributed by atoms with E-state index in [0.717, 1.165) is 66.8 Å². The number of benzene rings is 1. The molecule has 2 aromatic rings. The fraction of sp³-hybridized carbons (Fsp3) is 0.516. The monoisotopic (exact) mass is 519 g/mol. The third kappa shape index (κ3) is 7.36. The number of hydrogen-bond donors (Lipinski definition) is 2. The van der Waals surface area contributed by atoms with Crippen LogP contribution >= 0.6 is 0 Å². The summed E-state index contributed by atoms with van der Waals surface area (Å²) >= 11 is 0. The number of carbonyl (C=O) groups excluding carboxylic acids is 2. The Hall–Kier alpha value is -3.35. The van der Waals surface area contributed by atoms with Crippen LogP contribution in [0.1, 0.15) is 91.3 Å². The summed E-state index contributed by atoms with van der Waals surface area (Å²) in [7, 11) is 0. The van der Waals surface area contributed by atoms with Gasteiger partial charge in [0.05, 0.1) is 6.10 Å². The van der Waals surface area contributed by atoms with Gasteiger partial charge < -0.3 is 20.1 Å². The molecule has 1 aliphatic heterocycles. The van der Waals surface area contributed by atoms with E-state index in [-0.39, 0.29) is 24.1 Å². The zero-order valence-electron chi connectivity index (χ0n) is 23.4. The lowest BCUT2D eigenvalue weighted by atomic mass is 9.92. The van der Waals surface area contributed by atoms with Gasteiger partial charge in [-0.25, -0.2) is 4.79 Å². The third-order valence-electron chi connectivity index (χ3n) is 7.11. The van der Waals surface area contributed by atoms with Crippen LogP contribution in [-0.2, 0) is 24.1 Å². The topological polar surface area (TPSA) is 89.5 Å². The molecule has 7 heteroatoms. The van der Waals surface area contributed by atoms with E-state index in [0.29, 0.717) is 18.5 Å². The van der Waals surface area contributed by atoms with Crippen LogP contribution in [0.25, 0.3) is 0 Å². The Morgan fingerprint density at radius 3 is 2.58 bits per heavy atom. The Labute approximate surface area is 226 Å². The van der Waals surface area contributed by atoms with Crippen molar-refractivity contribution >= 4 is 12.0 Å². The standard InChI is InChI=1S/C31H41N3O4/c1-20-18-22-10-7-6-8-11-25-26(29(35)32-19-27(22)21(2)33-20)12-9-13-28(25)37-24-16-14-23(15-17-24)34-30(36)38-31(3,4)5/h6,8-9,12-13,18,23-24H,7,10-11,14-17,19H2,1-5H3,(H,32,35)(H,34,36)/b8-6+/t23-,24-. The molecule has 1 aromatic carbocycles. The number of allylic oxidation sites excluding steroid dienone is 2. The normalized spacial score (nSPS) is 21.0. The molecule has 0 saturated heterocycles. The van der Waals surface area contributed by atoms with E-state index in [1.807, 2.05) is 52.8 Å². The van der Waals surface area contributed by atoms with Crippen molar-refractivity contribution in [3.8, 4) is 5.75 Å². The largest absolute Gasteiger partial charge is 0.490 e. The van der Waals surface area contributed by atoms with E-state index in [9.17, 15) is 9.59 Å². The summed E-state index contributed by atoms with van der Waals surface area (Å²) < 4.78 is 11.9. The molecule has 2 amide bonds. The van der Waals surface area contributed by atoms with Crippen molar-refractivity contribution in [2.45, 2.75) is 104 Å². The summed E-state index contributed by atoms with van der Waals surface area (Å²) in [6, 6.07) is 7.94. The quantitative estimate of drug-likeness (QED) is 0.494. The molecular weight excluding hydrogens is 478 g/mol. The van der Waals surface area contributed by atoms with Gasteiger partial charge in [-0.2, -0.15) is 0 Å². The molecular formula is C31H41N3O4. The summed E-state index contributed by atoms with van der Waals surface area (Å²) in [5.41, 5.74) is 5.37. The predicted octanol–water partition coefficient (Wildman–Crippen LogP) is 5.89. The van der Waals surface area contributed by atoms with Crippen LogP contribution in [0.5, 0.6) is 5.75 Å². The lowest BCUT2D eigenvalue weighted by Crippen LogP contribution is -2.42. The summed E-state index contributed by atoms with van der Waals surface area (Å²) in [6.07, 6.45) is 9.79. The molecule has 0 radical (unpaired) electrons. The Morgan fingerprint density at radius 1 is 1.08 bits per heavy atom. The van der Waals surface area contributed by atoms with Gasteiger partial charge in [0.1, 0.15) is 11.4 Å². The number of fused-ring (bicyclic) bond motifs is 2. The summed E-state index contributed by atoms with van der Waals surface area (Å²) in [6.45, 7) is 10.1. The van der Waals surface area contributed by atoms with Gasteiger partial charge >= 0.3 is 6.09 Å². The van der Waals surface area contributed by atoms with Crippen molar-refractivity contribution in [3.63, 3.8) is 0 Å². The molecule has 0 bridgehead atoms. The summed E-state index contributed by atoms with van der Waals surface area (Å²) in [5, 5.41) is 6.12. The third-order valence-corrected chi connectivity index (χ3v) is 7.11. The first-order chi connectivity index (χ1) is 18.1. The van der Waals surface area contributed by atoms with Crippen LogP contribution in [0.2, 0.25) is 0 Å². The first-order valence-corrected chi connectivity index (χ1v) is 13.8. The van der Waals surface area contributed by atoms with Gasteiger partial charge in [0.25, 0.3) is 5.91 Å². The van der Waals surface area contributed by atoms with Crippen molar-refractivity contribution in [2.75, 3.05) is 0 Å². The van der Waals surface area contributed by atoms with Gasteiger partial charge in [-0.05, 0) is 109 Å². The number of aryl methyl sites for hydroxylation is 3. The minimum absolute atomic E-state index is 0.0375. The van der Waals surface area contributed by atoms with Crippen LogP contribution in [-0.4, -0.2) is 34.7 Å². The maximum absolute atomic E-state index is 13.3. The molecule has 1 aromatic heterocycles. The number of nitrogens with zero attached hydrogens (tertiary/aromatic N) is 1. The number of hydrogen-bond acceptors (Lipinski definition) is 5. The summed E-state index contributed by atoms with van der Waals surface area (Å²) in [5.74, 6) is 0.660. The van der Waals surface area contributed by atoms with Crippen molar-refractivity contribution in [1.29, 1.82) is 0 Å². The Bertz CT molecular complexity index is 1190. The van der Waals surface area contributed by atoms with Crippen LogP contribution in [0.3, 0.4) is 0 Å². The lowest BCUT2D eigenvalue weighted by molar-refractivity contribution is 0.0470. The number of aromatic nitrogens is 1. The Morgan fingerprint density at radius 2 is 1.84 bits per heavy atom. The van der Waals surface area contributed by atoms with E-state index < -0.39 is 5.60 Å². The maximum Gasteiger partial charge on any atom is 0.407 e.